The SMILES string of the molecule is Cc1ccc2ccccc2c1CSc1nc(N)nc2c1[nH]c[n+]2CC(C)C. The van der Waals surface area contributed by atoms with Gasteiger partial charge in [0.15, 0.2) is 6.33 Å². The number of imidazole rings is 1. The highest BCUT2D eigenvalue weighted by atomic mass is 32.2. The van der Waals surface area contributed by atoms with Gasteiger partial charge >= 0.3 is 5.65 Å². The zero-order chi connectivity index (χ0) is 19.0. The molecule has 0 saturated heterocycles. The summed E-state index contributed by atoms with van der Waals surface area (Å²) < 4.78 is 2.12. The molecule has 0 bridgehead atoms. The Morgan fingerprint density at radius 3 is 2.78 bits per heavy atom. The molecule has 3 N–H and O–H groups in total. The summed E-state index contributed by atoms with van der Waals surface area (Å²) in [5.41, 5.74) is 10.5. The average Bonchev–Trinajstić information content (AvgIpc) is 3.02. The Kier molecular flexibility index (Phi) is 4.74. The van der Waals surface area contributed by atoms with Gasteiger partial charge in [-0.2, -0.15) is 4.98 Å². The fourth-order valence-corrected chi connectivity index (χ4v) is 4.51. The van der Waals surface area contributed by atoms with Gasteiger partial charge in [-0.15, -0.1) is 0 Å². The summed E-state index contributed by atoms with van der Waals surface area (Å²) in [5.74, 6) is 1.68. The van der Waals surface area contributed by atoms with Crippen molar-refractivity contribution in [2.45, 2.75) is 38.1 Å². The molecule has 4 aromatic rings. The van der Waals surface area contributed by atoms with Crippen LogP contribution in [0.25, 0.3) is 21.9 Å². The number of hydrogen-bond acceptors (Lipinski definition) is 4. The molecule has 6 heteroatoms. The number of aryl methyl sites for hydroxylation is 1. The van der Waals surface area contributed by atoms with Crippen molar-refractivity contribution in [2.24, 2.45) is 5.92 Å². The third-order valence-corrected chi connectivity index (χ3v) is 5.70. The molecule has 4 rings (SSSR count). The molecule has 138 valence electrons. The number of fused-ring (bicyclic) bond motifs is 2. The molecule has 2 heterocycles. The first kappa shape index (κ1) is 17.8. The monoisotopic (exact) mass is 378 g/mol. The molecular formula is C21H24N5S+. The van der Waals surface area contributed by atoms with Crippen molar-refractivity contribution in [3.8, 4) is 0 Å². The molecule has 0 spiro atoms. The molecule has 0 unspecified atom stereocenters. The summed E-state index contributed by atoms with van der Waals surface area (Å²) in [4.78, 5) is 12.3. The van der Waals surface area contributed by atoms with E-state index in [4.69, 9.17) is 5.73 Å². The van der Waals surface area contributed by atoms with Crippen molar-refractivity contribution in [1.82, 2.24) is 15.0 Å². The number of hydrogen-bond donors (Lipinski definition) is 2. The molecule has 0 fully saturated rings. The van der Waals surface area contributed by atoms with Gasteiger partial charge in [0.2, 0.25) is 5.52 Å². The Labute approximate surface area is 163 Å². The van der Waals surface area contributed by atoms with Crippen LogP contribution < -0.4 is 10.3 Å². The van der Waals surface area contributed by atoms with Crippen LogP contribution in [0.1, 0.15) is 25.0 Å². The highest BCUT2D eigenvalue weighted by molar-refractivity contribution is 7.98. The van der Waals surface area contributed by atoms with Crippen LogP contribution in [0.2, 0.25) is 0 Å². The lowest BCUT2D eigenvalue weighted by atomic mass is 10.0. The van der Waals surface area contributed by atoms with Gasteiger partial charge in [-0.3, -0.25) is 4.98 Å². The standard InChI is InChI=1S/C21H23N5S/c1-13(2)10-26-12-23-18-19(26)24-21(22)25-20(18)27-11-17-14(3)8-9-15-6-4-5-7-16(15)17/h4-9,12-13H,10-11H2,1-3H3,(H2,22,24,25)/p+1. The van der Waals surface area contributed by atoms with E-state index in [-0.39, 0.29) is 0 Å². The summed E-state index contributed by atoms with van der Waals surface area (Å²) in [5, 5.41) is 3.46. The molecule has 0 aliphatic rings. The van der Waals surface area contributed by atoms with Gasteiger partial charge in [0.25, 0.3) is 5.95 Å². The van der Waals surface area contributed by atoms with Gasteiger partial charge in [-0.05, 0) is 34.7 Å². The second kappa shape index (κ2) is 7.19. The van der Waals surface area contributed by atoms with E-state index in [1.165, 1.54) is 21.9 Å². The number of benzene rings is 2. The van der Waals surface area contributed by atoms with Gasteiger partial charge in [0.1, 0.15) is 5.03 Å². The van der Waals surface area contributed by atoms with Crippen molar-refractivity contribution in [3.05, 3.63) is 53.9 Å². The van der Waals surface area contributed by atoms with Crippen molar-refractivity contribution in [3.63, 3.8) is 0 Å². The minimum absolute atomic E-state index is 0.316. The normalized spacial score (nSPS) is 11.7. The maximum atomic E-state index is 6.01. The third kappa shape index (κ3) is 3.49. The molecule has 0 radical (unpaired) electrons. The Balaban J connectivity index is 1.71. The van der Waals surface area contributed by atoms with E-state index in [2.05, 4.69) is 76.7 Å². The number of anilines is 1. The van der Waals surface area contributed by atoms with E-state index in [1.807, 2.05) is 6.33 Å². The molecule has 0 atom stereocenters. The van der Waals surface area contributed by atoms with E-state index >= 15 is 0 Å². The van der Waals surface area contributed by atoms with Crippen molar-refractivity contribution >= 4 is 39.6 Å². The molecule has 0 saturated carbocycles. The van der Waals surface area contributed by atoms with Crippen LogP contribution in [-0.2, 0) is 12.3 Å². The van der Waals surface area contributed by atoms with Crippen LogP contribution in [0.15, 0.2) is 47.8 Å². The third-order valence-electron chi connectivity index (χ3n) is 4.70. The predicted octanol–water partition coefficient (Wildman–Crippen LogP) is 4.24. The number of nitrogen functional groups attached to an aromatic ring is 1. The molecule has 27 heavy (non-hydrogen) atoms. The van der Waals surface area contributed by atoms with Crippen LogP contribution in [0.4, 0.5) is 5.95 Å². The van der Waals surface area contributed by atoms with Gasteiger partial charge < -0.3 is 5.73 Å². The maximum absolute atomic E-state index is 6.01. The van der Waals surface area contributed by atoms with Crippen LogP contribution in [-0.4, -0.2) is 15.0 Å². The first-order chi connectivity index (χ1) is 13.0. The predicted molar refractivity (Wildman–Crippen MR) is 112 cm³/mol. The molecule has 0 aliphatic carbocycles. The number of aromatic nitrogens is 4. The summed E-state index contributed by atoms with van der Waals surface area (Å²) in [6.07, 6.45) is 1.96. The lowest BCUT2D eigenvalue weighted by molar-refractivity contribution is -0.678. The van der Waals surface area contributed by atoms with Gasteiger partial charge in [0, 0.05) is 5.75 Å². The van der Waals surface area contributed by atoms with Crippen LogP contribution in [0.5, 0.6) is 0 Å². The molecule has 2 aromatic carbocycles. The lowest BCUT2D eigenvalue weighted by Gasteiger charge is -2.10. The largest absolute Gasteiger partial charge is 0.354 e. The van der Waals surface area contributed by atoms with Crippen LogP contribution in [0.3, 0.4) is 0 Å². The van der Waals surface area contributed by atoms with Gasteiger partial charge in [-0.25, -0.2) is 4.57 Å². The average molecular weight is 379 g/mol. The quantitative estimate of drug-likeness (QED) is 0.310. The molecule has 0 aliphatic heterocycles. The number of aromatic amines is 1. The van der Waals surface area contributed by atoms with E-state index in [9.17, 15) is 0 Å². The maximum Gasteiger partial charge on any atom is 0.308 e. The highest BCUT2D eigenvalue weighted by Gasteiger charge is 2.20. The fraction of sp³-hybridized carbons (Fsp3) is 0.286. The second-order valence-corrected chi connectivity index (χ2v) is 8.24. The van der Waals surface area contributed by atoms with Crippen molar-refractivity contribution < 1.29 is 4.57 Å². The van der Waals surface area contributed by atoms with Crippen LogP contribution >= 0.6 is 11.8 Å². The zero-order valence-corrected chi connectivity index (χ0v) is 16.7. The lowest BCUT2D eigenvalue weighted by Crippen LogP contribution is -2.35. The molecule has 0 amide bonds. The zero-order valence-electron chi connectivity index (χ0n) is 15.9. The van der Waals surface area contributed by atoms with Gasteiger partial charge in [-0.1, -0.05) is 67.0 Å². The fourth-order valence-electron chi connectivity index (χ4n) is 3.40. The van der Waals surface area contributed by atoms with E-state index in [0.717, 1.165) is 28.5 Å². The molecule has 5 nitrogen and oxygen atoms in total. The smallest absolute Gasteiger partial charge is 0.308 e. The number of nitrogens with zero attached hydrogens (tertiary/aromatic N) is 3. The second-order valence-electron chi connectivity index (χ2n) is 7.28. The molecular weight excluding hydrogens is 354 g/mol. The first-order valence-electron chi connectivity index (χ1n) is 9.17. The van der Waals surface area contributed by atoms with Gasteiger partial charge in [0.05, 0.1) is 6.54 Å². The number of rotatable bonds is 5. The highest BCUT2D eigenvalue weighted by Crippen LogP contribution is 2.31. The van der Waals surface area contributed by atoms with Crippen molar-refractivity contribution in [1.29, 1.82) is 0 Å². The van der Waals surface area contributed by atoms with E-state index < -0.39 is 0 Å². The summed E-state index contributed by atoms with van der Waals surface area (Å²) in [6, 6.07) is 12.9. The Bertz CT molecular complexity index is 1120. The Hall–Kier alpha value is -2.60. The van der Waals surface area contributed by atoms with Crippen LogP contribution in [0, 0.1) is 12.8 Å². The minimum atomic E-state index is 0.316. The minimum Gasteiger partial charge on any atom is -0.354 e. The summed E-state index contributed by atoms with van der Waals surface area (Å²) in [6.45, 7) is 7.44. The number of nitrogens with two attached hydrogens (primary N) is 1. The number of nitrogens with one attached hydrogen (secondary N) is 1. The number of thioether (sulfide) groups is 1. The van der Waals surface area contributed by atoms with Crippen molar-refractivity contribution in [2.75, 3.05) is 5.73 Å². The summed E-state index contributed by atoms with van der Waals surface area (Å²) >= 11 is 1.70. The molecule has 2 aromatic heterocycles. The number of H-pyrrole nitrogens is 1. The van der Waals surface area contributed by atoms with E-state index in [1.54, 1.807) is 11.8 Å². The summed E-state index contributed by atoms with van der Waals surface area (Å²) in [7, 11) is 0. The first-order valence-corrected chi connectivity index (χ1v) is 10.2. The Morgan fingerprint density at radius 1 is 1.15 bits per heavy atom. The Morgan fingerprint density at radius 2 is 1.96 bits per heavy atom. The van der Waals surface area contributed by atoms with E-state index in [0.29, 0.717) is 11.9 Å². The topological polar surface area (TPSA) is 71.5 Å².